The van der Waals surface area contributed by atoms with Gasteiger partial charge in [0.15, 0.2) is 0 Å². The minimum Gasteiger partial charge on any atom is -0.463 e. The number of hydrogen-bond donors (Lipinski definition) is 1. The molecule has 1 aromatic heterocycles. The van der Waals surface area contributed by atoms with Crippen molar-refractivity contribution in [3.63, 3.8) is 0 Å². The van der Waals surface area contributed by atoms with Crippen LogP contribution in [0.4, 0.5) is 0 Å². The highest BCUT2D eigenvalue weighted by atomic mass is 16.5. The second-order valence-electron chi connectivity index (χ2n) is 4.56. The zero-order chi connectivity index (χ0) is 13.1. The maximum absolute atomic E-state index is 11.6. The Morgan fingerprint density at radius 3 is 2.65 bits per heavy atom. The highest BCUT2D eigenvalue weighted by molar-refractivity contribution is 5.84. The fourth-order valence-electron chi connectivity index (χ4n) is 1.16. The summed E-state index contributed by atoms with van der Waals surface area (Å²) in [5.74, 6) is -0.880. The fourth-order valence-corrected chi connectivity index (χ4v) is 1.16. The number of ether oxygens (including phenoxy) is 1. The maximum atomic E-state index is 11.6. The molecule has 0 aliphatic rings. The quantitative estimate of drug-likeness (QED) is 0.750. The number of carbonyl (C=O) groups is 2. The molecule has 7 nitrogen and oxygen atoms in total. The summed E-state index contributed by atoms with van der Waals surface area (Å²) < 4.78 is 5.74. The largest absolute Gasteiger partial charge is 0.463 e. The molecule has 0 aliphatic heterocycles. The lowest BCUT2D eigenvalue weighted by Crippen LogP contribution is -2.42. The topological polar surface area (TPSA) is 86.1 Å². The molecule has 0 saturated carbocycles. The number of nitrogens with zero attached hydrogens (tertiary/aromatic N) is 3. The first kappa shape index (κ1) is 13.1. The van der Waals surface area contributed by atoms with Gasteiger partial charge in [-0.05, 0) is 20.8 Å². The molecule has 0 saturated heterocycles. The molecule has 0 spiro atoms. The minimum absolute atomic E-state index is 0.0151. The fraction of sp³-hybridized carbons (Fsp3) is 0.600. The molecule has 1 N–H and O–H groups in total. The first-order valence-electron chi connectivity index (χ1n) is 5.10. The number of hydrogen-bond acceptors (Lipinski definition) is 5. The lowest BCUT2D eigenvalue weighted by atomic mass is 10.1. The Hall–Kier alpha value is -1.92. The van der Waals surface area contributed by atoms with Crippen LogP contribution < -0.4 is 5.32 Å². The summed E-state index contributed by atoms with van der Waals surface area (Å²) in [6, 6.07) is 0. The van der Waals surface area contributed by atoms with E-state index < -0.39 is 5.97 Å². The third-order valence-electron chi connectivity index (χ3n) is 1.72. The van der Waals surface area contributed by atoms with Crippen molar-refractivity contribution >= 4 is 11.9 Å². The number of rotatable bonds is 3. The highest BCUT2D eigenvalue weighted by Gasteiger charge is 2.16. The number of amides is 1. The van der Waals surface area contributed by atoms with Gasteiger partial charge in [0.2, 0.25) is 5.91 Å². The van der Waals surface area contributed by atoms with Gasteiger partial charge in [0.05, 0.1) is 7.11 Å². The van der Waals surface area contributed by atoms with Crippen LogP contribution in [0.15, 0.2) is 6.33 Å². The first-order valence-corrected chi connectivity index (χ1v) is 5.10. The van der Waals surface area contributed by atoms with E-state index in [9.17, 15) is 9.59 Å². The van der Waals surface area contributed by atoms with E-state index in [4.69, 9.17) is 0 Å². The molecule has 7 heteroatoms. The molecular formula is C10H16N4O3. The van der Waals surface area contributed by atoms with Crippen molar-refractivity contribution < 1.29 is 14.3 Å². The summed E-state index contributed by atoms with van der Waals surface area (Å²) in [5, 5.41) is 6.60. The van der Waals surface area contributed by atoms with E-state index in [0.29, 0.717) is 0 Å². The van der Waals surface area contributed by atoms with Gasteiger partial charge in [-0.2, -0.15) is 0 Å². The summed E-state index contributed by atoms with van der Waals surface area (Å²) >= 11 is 0. The highest BCUT2D eigenvalue weighted by Crippen LogP contribution is 1.99. The van der Waals surface area contributed by atoms with Crippen LogP contribution in [0.5, 0.6) is 0 Å². The van der Waals surface area contributed by atoms with E-state index in [1.807, 2.05) is 20.8 Å². The Morgan fingerprint density at radius 1 is 1.47 bits per heavy atom. The summed E-state index contributed by atoms with van der Waals surface area (Å²) in [6.07, 6.45) is 1.31. The van der Waals surface area contributed by atoms with Crippen LogP contribution in [-0.2, 0) is 16.1 Å². The molecule has 1 rings (SSSR count). The molecule has 1 heterocycles. The third-order valence-corrected chi connectivity index (χ3v) is 1.72. The standard InChI is InChI=1S/C10H16N4O3/c1-10(2,3)12-7(15)5-14-6-11-8(13-14)9(16)17-4/h6H,5H2,1-4H3,(H,12,15). The van der Waals surface area contributed by atoms with Crippen molar-refractivity contribution in [2.75, 3.05) is 7.11 Å². The number of esters is 1. The van der Waals surface area contributed by atoms with Crippen LogP contribution in [0.1, 0.15) is 31.4 Å². The van der Waals surface area contributed by atoms with E-state index in [0.717, 1.165) is 0 Å². The monoisotopic (exact) mass is 240 g/mol. The molecule has 0 bridgehead atoms. The van der Waals surface area contributed by atoms with Crippen molar-refractivity contribution in [3.05, 3.63) is 12.2 Å². The molecule has 94 valence electrons. The lowest BCUT2D eigenvalue weighted by molar-refractivity contribution is -0.123. The molecular weight excluding hydrogens is 224 g/mol. The number of aromatic nitrogens is 3. The SMILES string of the molecule is COC(=O)c1ncn(CC(=O)NC(C)(C)C)n1. The third kappa shape index (κ3) is 4.21. The normalized spacial score (nSPS) is 11.1. The Bertz CT molecular complexity index is 419. The Kier molecular flexibility index (Phi) is 3.82. The molecule has 1 aromatic rings. The van der Waals surface area contributed by atoms with Gasteiger partial charge in [-0.25, -0.2) is 14.5 Å². The summed E-state index contributed by atoms with van der Waals surface area (Å²) in [5.41, 5.74) is -0.303. The maximum Gasteiger partial charge on any atom is 0.377 e. The molecule has 0 radical (unpaired) electrons. The summed E-state index contributed by atoms with van der Waals surface area (Å²) in [4.78, 5) is 26.4. The second-order valence-corrected chi connectivity index (χ2v) is 4.56. The van der Waals surface area contributed by atoms with E-state index in [-0.39, 0.29) is 23.8 Å². The van der Waals surface area contributed by atoms with Crippen molar-refractivity contribution in [2.45, 2.75) is 32.9 Å². The molecule has 17 heavy (non-hydrogen) atoms. The molecule has 0 unspecified atom stereocenters. The van der Waals surface area contributed by atoms with Crippen molar-refractivity contribution in [1.29, 1.82) is 0 Å². The molecule has 0 fully saturated rings. The van der Waals surface area contributed by atoms with Crippen molar-refractivity contribution in [2.24, 2.45) is 0 Å². The average molecular weight is 240 g/mol. The van der Waals surface area contributed by atoms with E-state index in [1.54, 1.807) is 0 Å². The van der Waals surface area contributed by atoms with Crippen LogP contribution >= 0.6 is 0 Å². The van der Waals surface area contributed by atoms with Crippen LogP contribution in [0.25, 0.3) is 0 Å². The second kappa shape index (κ2) is 4.94. The number of methoxy groups -OCH3 is 1. The first-order chi connectivity index (χ1) is 7.81. The van der Waals surface area contributed by atoms with Crippen LogP contribution in [-0.4, -0.2) is 39.3 Å². The predicted octanol–water partition coefficient (Wildman–Crippen LogP) is -0.0206. The van der Waals surface area contributed by atoms with Crippen molar-refractivity contribution in [1.82, 2.24) is 20.1 Å². The zero-order valence-corrected chi connectivity index (χ0v) is 10.4. The van der Waals surface area contributed by atoms with Gasteiger partial charge < -0.3 is 10.1 Å². The minimum atomic E-state index is -0.625. The van der Waals surface area contributed by atoms with Gasteiger partial charge >= 0.3 is 5.97 Å². The van der Waals surface area contributed by atoms with E-state index in [2.05, 4.69) is 20.1 Å². The van der Waals surface area contributed by atoms with Gasteiger partial charge in [0.1, 0.15) is 12.9 Å². The summed E-state index contributed by atoms with van der Waals surface area (Å²) in [6.45, 7) is 5.66. The average Bonchev–Trinajstić information content (AvgIpc) is 2.62. The van der Waals surface area contributed by atoms with Crippen LogP contribution in [0.3, 0.4) is 0 Å². The number of carbonyl (C=O) groups excluding carboxylic acids is 2. The molecule has 0 aliphatic carbocycles. The Balaban J connectivity index is 2.61. The molecule has 0 aromatic carbocycles. The molecule has 1 amide bonds. The van der Waals surface area contributed by atoms with Gasteiger partial charge in [-0.3, -0.25) is 4.79 Å². The van der Waals surface area contributed by atoms with Crippen LogP contribution in [0.2, 0.25) is 0 Å². The van der Waals surface area contributed by atoms with Gasteiger partial charge in [0.25, 0.3) is 5.82 Å². The smallest absolute Gasteiger partial charge is 0.377 e. The van der Waals surface area contributed by atoms with Crippen LogP contribution in [0, 0.1) is 0 Å². The zero-order valence-electron chi connectivity index (χ0n) is 10.4. The summed E-state index contributed by atoms with van der Waals surface area (Å²) in [7, 11) is 1.25. The van der Waals surface area contributed by atoms with Gasteiger partial charge in [-0.1, -0.05) is 0 Å². The van der Waals surface area contributed by atoms with E-state index >= 15 is 0 Å². The van der Waals surface area contributed by atoms with Crippen molar-refractivity contribution in [3.8, 4) is 0 Å². The predicted molar refractivity (Wildman–Crippen MR) is 59.3 cm³/mol. The molecule has 0 atom stereocenters. The van der Waals surface area contributed by atoms with E-state index in [1.165, 1.54) is 18.1 Å². The Morgan fingerprint density at radius 2 is 2.12 bits per heavy atom. The lowest BCUT2D eigenvalue weighted by Gasteiger charge is -2.20. The van der Waals surface area contributed by atoms with Gasteiger partial charge in [-0.15, -0.1) is 5.10 Å². The Labute approximate surface area is 99.2 Å². The number of nitrogens with one attached hydrogen (secondary N) is 1. The van der Waals surface area contributed by atoms with Gasteiger partial charge in [0, 0.05) is 5.54 Å².